The Morgan fingerprint density at radius 2 is 1.76 bits per heavy atom. The van der Waals surface area contributed by atoms with Crippen molar-refractivity contribution in [2.75, 3.05) is 20.0 Å². The fourth-order valence-corrected chi connectivity index (χ4v) is 3.99. The lowest BCUT2D eigenvalue weighted by Crippen LogP contribution is -2.24. The molecule has 1 N–H and O–H groups in total. The quantitative estimate of drug-likeness (QED) is 0.796. The maximum Gasteiger partial charge on any atom is 0.231 e. The Kier molecular flexibility index (Phi) is 2.41. The van der Waals surface area contributed by atoms with E-state index in [4.69, 9.17) is 23.7 Å². The Hall–Kier alpha value is -3.02. The predicted molar refractivity (Wildman–Crippen MR) is 86.8 cm³/mol. The fraction of sp³-hybridized carbons (Fsp3) is 0.263. The first kappa shape index (κ1) is 13.3. The van der Waals surface area contributed by atoms with Crippen molar-refractivity contribution in [2.24, 2.45) is 0 Å². The molecule has 25 heavy (non-hydrogen) atoms. The highest BCUT2D eigenvalue weighted by atomic mass is 16.7. The lowest BCUT2D eigenvalue weighted by Gasteiger charge is -2.30. The lowest BCUT2D eigenvalue weighted by molar-refractivity contribution is 0.137. The van der Waals surface area contributed by atoms with Gasteiger partial charge in [-0.25, -0.2) is 0 Å². The summed E-state index contributed by atoms with van der Waals surface area (Å²) in [6, 6.07) is 5.53. The minimum atomic E-state index is -0.215. The van der Waals surface area contributed by atoms with Gasteiger partial charge in [0.1, 0.15) is 24.2 Å². The number of hydrogen-bond donors (Lipinski definition) is 1. The molecule has 0 aliphatic carbocycles. The summed E-state index contributed by atoms with van der Waals surface area (Å²) in [5.74, 6) is 3.55. The summed E-state index contributed by atoms with van der Waals surface area (Å²) in [6.45, 7) is 1.17. The molecule has 0 saturated heterocycles. The van der Waals surface area contributed by atoms with E-state index in [9.17, 15) is 5.11 Å². The van der Waals surface area contributed by atoms with Gasteiger partial charge in [-0.3, -0.25) is 0 Å². The van der Waals surface area contributed by atoms with E-state index in [0.29, 0.717) is 24.7 Å². The number of phenols is 1. The molecule has 2 aromatic rings. The second-order valence-electron chi connectivity index (χ2n) is 6.47. The highest BCUT2D eigenvalue weighted by Gasteiger charge is 2.43. The molecule has 0 spiro atoms. The van der Waals surface area contributed by atoms with Crippen molar-refractivity contribution < 1.29 is 28.8 Å². The molecule has 4 aliphatic rings. The Labute approximate surface area is 143 Å². The molecule has 6 rings (SSSR count). The Balaban J connectivity index is 1.49. The van der Waals surface area contributed by atoms with Crippen LogP contribution in [0, 0.1) is 0 Å². The molecule has 0 fully saturated rings. The number of ether oxygens (including phenoxy) is 5. The number of rotatable bonds is 0. The van der Waals surface area contributed by atoms with Crippen LogP contribution in [0.5, 0.6) is 34.5 Å². The summed E-state index contributed by atoms with van der Waals surface area (Å²) < 4.78 is 28.8. The summed E-state index contributed by atoms with van der Waals surface area (Å²) in [5, 5.41) is 10.4. The van der Waals surface area contributed by atoms with Crippen LogP contribution in [0.1, 0.15) is 28.7 Å². The number of hydrogen-bond acceptors (Lipinski definition) is 6. The number of fused-ring (bicyclic) bond motifs is 8. The van der Waals surface area contributed by atoms with E-state index in [2.05, 4.69) is 0 Å². The molecule has 6 heteroatoms. The normalized spacial score (nSPS) is 23.5. The summed E-state index contributed by atoms with van der Waals surface area (Å²) in [7, 11) is 0. The van der Waals surface area contributed by atoms with Crippen molar-refractivity contribution >= 4 is 6.08 Å². The first-order valence-electron chi connectivity index (χ1n) is 8.22. The molecular formula is C19H14O6. The lowest BCUT2D eigenvalue weighted by atomic mass is 9.87. The average molecular weight is 338 g/mol. The third-order valence-electron chi connectivity index (χ3n) is 5.12. The van der Waals surface area contributed by atoms with Crippen LogP contribution in [-0.2, 0) is 0 Å². The van der Waals surface area contributed by atoms with Crippen LogP contribution in [0.3, 0.4) is 0 Å². The Morgan fingerprint density at radius 3 is 2.68 bits per heavy atom. The van der Waals surface area contributed by atoms with Gasteiger partial charge in [-0.05, 0) is 24.3 Å². The van der Waals surface area contributed by atoms with Crippen LogP contribution in [0.15, 0.2) is 24.3 Å². The standard InChI is InChI=1S/C19H14O6/c20-13-4-11-17(9-2-1-3-21-19(9)13)22-7-12-10-5-15-16(24-8-23-15)6-14(10)25-18(11)12/h1-2,4-6,12,18,20H,3,7-8H2/t12-,18-/m1/s1. The van der Waals surface area contributed by atoms with Crippen LogP contribution in [0.2, 0.25) is 0 Å². The molecule has 4 aliphatic heterocycles. The molecular weight excluding hydrogens is 324 g/mol. The zero-order chi connectivity index (χ0) is 16.5. The van der Waals surface area contributed by atoms with Gasteiger partial charge < -0.3 is 28.8 Å². The molecule has 0 unspecified atom stereocenters. The number of benzene rings is 2. The molecule has 0 amide bonds. The van der Waals surface area contributed by atoms with Gasteiger partial charge in [0, 0.05) is 17.2 Å². The molecule has 0 aromatic heterocycles. The molecule has 2 atom stereocenters. The van der Waals surface area contributed by atoms with E-state index in [1.54, 1.807) is 6.07 Å². The maximum atomic E-state index is 10.4. The molecule has 2 aromatic carbocycles. The van der Waals surface area contributed by atoms with Crippen LogP contribution >= 0.6 is 0 Å². The van der Waals surface area contributed by atoms with Gasteiger partial charge >= 0.3 is 0 Å². The van der Waals surface area contributed by atoms with E-state index in [1.165, 1.54) is 0 Å². The highest BCUT2D eigenvalue weighted by molar-refractivity contribution is 5.73. The topological polar surface area (TPSA) is 66.4 Å². The largest absolute Gasteiger partial charge is 0.504 e. The Morgan fingerprint density at radius 1 is 0.880 bits per heavy atom. The molecule has 0 saturated carbocycles. The van der Waals surface area contributed by atoms with Crippen LogP contribution in [-0.4, -0.2) is 25.1 Å². The van der Waals surface area contributed by atoms with Crippen LogP contribution in [0.25, 0.3) is 6.08 Å². The first-order valence-corrected chi connectivity index (χ1v) is 8.22. The van der Waals surface area contributed by atoms with Crippen molar-refractivity contribution in [1.29, 1.82) is 0 Å². The van der Waals surface area contributed by atoms with E-state index >= 15 is 0 Å². The third kappa shape index (κ3) is 1.68. The van der Waals surface area contributed by atoms with Gasteiger partial charge in [-0.15, -0.1) is 0 Å². The van der Waals surface area contributed by atoms with Crippen molar-refractivity contribution in [3.05, 3.63) is 41.0 Å². The summed E-state index contributed by atoms with van der Waals surface area (Å²) in [5.41, 5.74) is 2.65. The van der Waals surface area contributed by atoms with Gasteiger partial charge in [-0.1, -0.05) is 0 Å². The van der Waals surface area contributed by atoms with Gasteiger partial charge in [0.25, 0.3) is 0 Å². The van der Waals surface area contributed by atoms with E-state index < -0.39 is 0 Å². The van der Waals surface area contributed by atoms with Gasteiger partial charge in [0.2, 0.25) is 6.79 Å². The van der Waals surface area contributed by atoms with Crippen molar-refractivity contribution in [3.8, 4) is 34.5 Å². The monoisotopic (exact) mass is 338 g/mol. The van der Waals surface area contributed by atoms with Gasteiger partial charge in [-0.2, -0.15) is 0 Å². The van der Waals surface area contributed by atoms with Crippen LogP contribution < -0.4 is 23.7 Å². The predicted octanol–water partition coefficient (Wildman–Crippen LogP) is 3.14. The van der Waals surface area contributed by atoms with E-state index in [1.807, 2.05) is 24.3 Å². The van der Waals surface area contributed by atoms with Crippen molar-refractivity contribution in [3.63, 3.8) is 0 Å². The maximum absolute atomic E-state index is 10.4. The third-order valence-corrected chi connectivity index (χ3v) is 5.12. The molecule has 0 bridgehead atoms. The fourth-order valence-electron chi connectivity index (χ4n) is 3.99. The van der Waals surface area contributed by atoms with Gasteiger partial charge in [0.15, 0.2) is 23.0 Å². The van der Waals surface area contributed by atoms with Crippen molar-refractivity contribution in [1.82, 2.24) is 0 Å². The number of aromatic hydroxyl groups is 1. The first-order chi connectivity index (χ1) is 12.3. The molecule has 126 valence electrons. The minimum Gasteiger partial charge on any atom is -0.504 e. The zero-order valence-corrected chi connectivity index (χ0v) is 13.2. The smallest absolute Gasteiger partial charge is 0.231 e. The highest BCUT2D eigenvalue weighted by Crippen LogP contribution is 2.57. The average Bonchev–Trinajstić information content (AvgIpc) is 3.23. The Bertz CT molecular complexity index is 948. The summed E-state index contributed by atoms with van der Waals surface area (Å²) in [4.78, 5) is 0. The summed E-state index contributed by atoms with van der Waals surface area (Å²) in [6.07, 6.45) is 3.62. The van der Waals surface area contributed by atoms with Crippen LogP contribution in [0.4, 0.5) is 0 Å². The minimum absolute atomic E-state index is 0.0444. The van der Waals surface area contributed by atoms with E-state index in [-0.39, 0.29) is 24.6 Å². The van der Waals surface area contributed by atoms with Gasteiger partial charge in [0.05, 0.1) is 18.1 Å². The van der Waals surface area contributed by atoms with Crippen molar-refractivity contribution in [2.45, 2.75) is 12.0 Å². The molecule has 0 radical (unpaired) electrons. The SMILES string of the molecule is Oc1cc2c(c3c1OCC=C3)OC[C@@H]1c3cc4c(cc3O[C@H]21)OCO4. The second kappa shape index (κ2) is 4.53. The zero-order valence-electron chi connectivity index (χ0n) is 13.2. The second-order valence-corrected chi connectivity index (χ2v) is 6.47. The van der Waals surface area contributed by atoms with E-state index in [0.717, 1.165) is 33.9 Å². The molecule has 6 nitrogen and oxygen atoms in total. The molecule has 4 heterocycles. The number of phenolic OH excluding ortho intramolecular Hbond substituents is 1. The summed E-state index contributed by atoms with van der Waals surface area (Å²) >= 11 is 0.